The molecule has 3 rings (SSSR count). The van der Waals surface area contributed by atoms with E-state index in [2.05, 4.69) is 51.8 Å². The van der Waals surface area contributed by atoms with Crippen LogP contribution in [0.4, 0.5) is 23.1 Å². The van der Waals surface area contributed by atoms with Crippen molar-refractivity contribution in [2.75, 3.05) is 17.7 Å². The van der Waals surface area contributed by atoms with Gasteiger partial charge in [0.1, 0.15) is 5.75 Å². The lowest BCUT2D eigenvalue weighted by Gasteiger charge is -2.13. The van der Waals surface area contributed by atoms with Crippen LogP contribution in [0.25, 0.3) is 0 Å². The molecule has 0 atom stereocenters. The van der Waals surface area contributed by atoms with Crippen LogP contribution in [0.2, 0.25) is 5.02 Å². The van der Waals surface area contributed by atoms with Crippen LogP contribution >= 0.6 is 11.6 Å². The molecule has 7 heteroatoms. The average Bonchev–Trinajstić information content (AvgIpc) is 2.65. The lowest BCUT2D eigenvalue weighted by molar-refractivity contribution is 0.416. The van der Waals surface area contributed by atoms with Gasteiger partial charge in [0.15, 0.2) is 5.82 Å². The highest BCUT2D eigenvalue weighted by Gasteiger charge is 2.10. The van der Waals surface area contributed by atoms with E-state index in [0.717, 1.165) is 16.9 Å². The average molecular weight is 384 g/mol. The van der Waals surface area contributed by atoms with E-state index in [1.165, 1.54) is 5.56 Å². The first-order valence-corrected chi connectivity index (χ1v) is 9.02. The van der Waals surface area contributed by atoms with Gasteiger partial charge in [0, 0.05) is 16.8 Å². The van der Waals surface area contributed by atoms with Crippen molar-refractivity contribution in [3.63, 3.8) is 0 Å². The first-order chi connectivity index (χ1) is 13.0. The van der Waals surface area contributed by atoms with Crippen LogP contribution in [0.1, 0.15) is 30.9 Å². The maximum absolute atomic E-state index is 6.15. The monoisotopic (exact) mass is 383 g/mol. The number of benzene rings is 2. The molecule has 0 unspecified atom stereocenters. The molecule has 0 bridgehead atoms. The van der Waals surface area contributed by atoms with Gasteiger partial charge in [0.05, 0.1) is 19.0 Å². The van der Waals surface area contributed by atoms with Crippen molar-refractivity contribution >= 4 is 34.7 Å². The summed E-state index contributed by atoms with van der Waals surface area (Å²) in [4.78, 5) is 4.46. The van der Waals surface area contributed by atoms with Crippen molar-refractivity contribution in [2.45, 2.75) is 26.7 Å². The van der Waals surface area contributed by atoms with Gasteiger partial charge < -0.3 is 15.4 Å². The van der Waals surface area contributed by atoms with Crippen LogP contribution in [0, 0.1) is 6.92 Å². The lowest BCUT2D eigenvalue weighted by atomic mass is 10.0. The van der Waals surface area contributed by atoms with E-state index in [-0.39, 0.29) is 0 Å². The minimum Gasteiger partial charge on any atom is -0.495 e. The van der Waals surface area contributed by atoms with E-state index < -0.39 is 0 Å². The minimum absolute atomic E-state index is 0.360. The van der Waals surface area contributed by atoms with Crippen molar-refractivity contribution in [1.82, 2.24) is 15.2 Å². The van der Waals surface area contributed by atoms with Crippen LogP contribution < -0.4 is 15.4 Å². The fourth-order valence-corrected chi connectivity index (χ4v) is 2.72. The number of ether oxygens (including phenoxy) is 1. The SMILES string of the molecule is COc1cc(Cl)c(C)cc1Nc1nncc(Nc2ccc(C(C)C)cc2)n1. The normalized spacial score (nSPS) is 10.7. The molecular weight excluding hydrogens is 362 g/mol. The Kier molecular flexibility index (Phi) is 5.76. The Hall–Kier alpha value is -2.86. The third-order valence-corrected chi connectivity index (χ3v) is 4.54. The highest BCUT2D eigenvalue weighted by molar-refractivity contribution is 6.31. The van der Waals surface area contributed by atoms with E-state index in [1.54, 1.807) is 19.4 Å². The first-order valence-electron chi connectivity index (χ1n) is 8.64. The molecule has 0 radical (unpaired) electrons. The van der Waals surface area contributed by atoms with E-state index in [0.29, 0.717) is 28.5 Å². The predicted octanol–water partition coefficient (Wildman–Crippen LogP) is 5.45. The zero-order chi connectivity index (χ0) is 19.4. The summed E-state index contributed by atoms with van der Waals surface area (Å²) in [6.07, 6.45) is 1.58. The molecule has 0 spiro atoms. The highest BCUT2D eigenvalue weighted by Crippen LogP contribution is 2.32. The maximum Gasteiger partial charge on any atom is 0.249 e. The third kappa shape index (κ3) is 4.65. The largest absolute Gasteiger partial charge is 0.495 e. The summed E-state index contributed by atoms with van der Waals surface area (Å²) >= 11 is 6.15. The van der Waals surface area contributed by atoms with Crippen molar-refractivity contribution in [2.24, 2.45) is 0 Å². The van der Waals surface area contributed by atoms with Crippen molar-refractivity contribution in [3.05, 3.63) is 58.7 Å². The smallest absolute Gasteiger partial charge is 0.249 e. The number of hydrogen-bond donors (Lipinski definition) is 2. The van der Waals surface area contributed by atoms with Gasteiger partial charge in [-0.1, -0.05) is 37.6 Å². The van der Waals surface area contributed by atoms with Crippen LogP contribution in [0.15, 0.2) is 42.6 Å². The summed E-state index contributed by atoms with van der Waals surface area (Å²) < 4.78 is 5.37. The zero-order valence-electron chi connectivity index (χ0n) is 15.7. The molecule has 140 valence electrons. The molecule has 1 aromatic heterocycles. The number of anilines is 4. The van der Waals surface area contributed by atoms with E-state index in [1.807, 2.05) is 25.1 Å². The van der Waals surface area contributed by atoms with Gasteiger partial charge in [-0.3, -0.25) is 0 Å². The van der Waals surface area contributed by atoms with E-state index in [4.69, 9.17) is 16.3 Å². The minimum atomic E-state index is 0.360. The van der Waals surface area contributed by atoms with Gasteiger partial charge in [0.2, 0.25) is 5.95 Å². The van der Waals surface area contributed by atoms with Gasteiger partial charge in [-0.25, -0.2) is 0 Å². The Bertz CT molecular complexity index is 928. The van der Waals surface area contributed by atoms with Gasteiger partial charge in [0.25, 0.3) is 0 Å². The number of hydrogen-bond acceptors (Lipinski definition) is 6. The summed E-state index contributed by atoms with van der Waals surface area (Å²) in [5.74, 6) is 2.05. The number of aromatic nitrogens is 3. The second-order valence-corrected chi connectivity index (χ2v) is 6.90. The molecule has 0 aliphatic heterocycles. The molecule has 0 saturated heterocycles. The quantitative estimate of drug-likeness (QED) is 0.589. The zero-order valence-corrected chi connectivity index (χ0v) is 16.5. The second-order valence-electron chi connectivity index (χ2n) is 6.49. The highest BCUT2D eigenvalue weighted by atomic mass is 35.5. The summed E-state index contributed by atoms with van der Waals surface area (Å²) in [7, 11) is 1.59. The molecular formula is C20H22ClN5O. The van der Waals surface area contributed by atoms with Crippen LogP contribution in [0.3, 0.4) is 0 Å². The standard InChI is InChI=1S/C20H22ClN5O/c1-12(2)14-5-7-15(8-6-14)23-19-11-22-26-20(25-19)24-17-9-13(3)16(21)10-18(17)27-4/h5-12H,1-4H3,(H2,23,24,25,26). The number of methoxy groups -OCH3 is 1. The molecule has 0 amide bonds. The Morgan fingerprint density at radius 3 is 2.48 bits per heavy atom. The van der Waals surface area contributed by atoms with Crippen LogP contribution in [-0.4, -0.2) is 22.3 Å². The fourth-order valence-electron chi connectivity index (χ4n) is 2.57. The Morgan fingerprint density at radius 1 is 1.07 bits per heavy atom. The number of rotatable bonds is 6. The van der Waals surface area contributed by atoms with Gasteiger partial charge in [-0.05, 0) is 42.2 Å². The Labute approximate surface area is 164 Å². The maximum atomic E-state index is 6.15. The number of nitrogens with one attached hydrogen (secondary N) is 2. The molecule has 1 heterocycles. The topological polar surface area (TPSA) is 72.0 Å². The van der Waals surface area contributed by atoms with E-state index >= 15 is 0 Å². The molecule has 27 heavy (non-hydrogen) atoms. The van der Waals surface area contributed by atoms with Crippen molar-refractivity contribution in [1.29, 1.82) is 0 Å². The molecule has 3 aromatic rings. The second kappa shape index (κ2) is 8.22. The number of aryl methyl sites for hydroxylation is 1. The molecule has 0 aliphatic carbocycles. The number of nitrogens with zero attached hydrogens (tertiary/aromatic N) is 3. The lowest BCUT2D eigenvalue weighted by Crippen LogP contribution is -2.04. The van der Waals surface area contributed by atoms with Crippen LogP contribution in [-0.2, 0) is 0 Å². The predicted molar refractivity (Wildman–Crippen MR) is 110 cm³/mol. The summed E-state index contributed by atoms with van der Waals surface area (Å²) in [6.45, 7) is 6.26. The van der Waals surface area contributed by atoms with Gasteiger partial charge in [-0.2, -0.15) is 10.1 Å². The molecule has 0 saturated carbocycles. The first kappa shape index (κ1) is 18.9. The van der Waals surface area contributed by atoms with Gasteiger partial charge >= 0.3 is 0 Å². The fraction of sp³-hybridized carbons (Fsp3) is 0.250. The number of halogens is 1. The Morgan fingerprint density at radius 2 is 1.81 bits per heavy atom. The summed E-state index contributed by atoms with van der Waals surface area (Å²) in [5.41, 5.74) is 3.87. The van der Waals surface area contributed by atoms with E-state index in [9.17, 15) is 0 Å². The summed E-state index contributed by atoms with van der Waals surface area (Å²) in [5, 5.41) is 15.1. The van der Waals surface area contributed by atoms with Crippen molar-refractivity contribution in [3.8, 4) is 5.75 Å². The molecule has 6 nitrogen and oxygen atoms in total. The Balaban J connectivity index is 1.79. The molecule has 0 fully saturated rings. The van der Waals surface area contributed by atoms with Gasteiger partial charge in [-0.15, -0.1) is 5.10 Å². The molecule has 0 aliphatic rings. The summed E-state index contributed by atoms with van der Waals surface area (Å²) in [6, 6.07) is 11.9. The third-order valence-electron chi connectivity index (χ3n) is 4.14. The van der Waals surface area contributed by atoms with Crippen molar-refractivity contribution < 1.29 is 4.74 Å². The molecule has 2 aromatic carbocycles. The van der Waals surface area contributed by atoms with Crippen LogP contribution in [0.5, 0.6) is 5.75 Å². The molecule has 2 N–H and O–H groups in total.